The van der Waals surface area contributed by atoms with Crippen LogP contribution in [-0.4, -0.2) is 42.5 Å². The maximum absolute atomic E-state index is 12.3. The van der Waals surface area contributed by atoms with Crippen molar-refractivity contribution in [3.05, 3.63) is 34.3 Å². The Hall–Kier alpha value is -1.57. The lowest BCUT2D eigenvalue weighted by atomic mass is 9.96. The normalized spacial score (nSPS) is 15.9. The molecular weight excluding hydrogens is 401 g/mol. The van der Waals surface area contributed by atoms with E-state index < -0.39 is 12.1 Å². The van der Waals surface area contributed by atoms with Gasteiger partial charge in [-0.05, 0) is 36.8 Å². The van der Waals surface area contributed by atoms with Crippen LogP contribution in [0.4, 0.5) is 13.2 Å². The van der Waals surface area contributed by atoms with Crippen LogP contribution in [0.15, 0.2) is 28.7 Å². The second-order valence-electron chi connectivity index (χ2n) is 6.12. The maximum Gasteiger partial charge on any atom is 0.471 e. The van der Waals surface area contributed by atoms with Gasteiger partial charge in [0.2, 0.25) is 5.91 Å². The van der Waals surface area contributed by atoms with Crippen molar-refractivity contribution in [1.82, 2.24) is 10.2 Å². The summed E-state index contributed by atoms with van der Waals surface area (Å²) in [7, 11) is 0. The van der Waals surface area contributed by atoms with Gasteiger partial charge in [0.05, 0.1) is 0 Å². The van der Waals surface area contributed by atoms with Gasteiger partial charge in [-0.15, -0.1) is 0 Å². The van der Waals surface area contributed by atoms with Crippen LogP contribution < -0.4 is 5.32 Å². The summed E-state index contributed by atoms with van der Waals surface area (Å²) in [6, 6.07) is 7.73. The highest BCUT2D eigenvalue weighted by molar-refractivity contribution is 9.10. The third-order valence-corrected chi connectivity index (χ3v) is 5.12. The molecule has 1 aromatic rings. The molecule has 0 spiro atoms. The number of likely N-dealkylation sites (tertiary alicyclic amines) is 1. The summed E-state index contributed by atoms with van der Waals surface area (Å²) in [4.78, 5) is 24.9. The summed E-state index contributed by atoms with van der Waals surface area (Å²) in [5.41, 5.74) is 1.07. The second-order valence-corrected chi connectivity index (χ2v) is 6.98. The molecule has 8 heteroatoms. The zero-order chi connectivity index (χ0) is 18.4. The summed E-state index contributed by atoms with van der Waals surface area (Å²) < 4.78 is 37.4. The number of hydrogen-bond donors (Lipinski definition) is 1. The van der Waals surface area contributed by atoms with E-state index in [4.69, 9.17) is 0 Å². The third-order valence-electron chi connectivity index (χ3n) is 4.34. The van der Waals surface area contributed by atoms with Crippen LogP contribution >= 0.6 is 15.9 Å². The van der Waals surface area contributed by atoms with Gasteiger partial charge < -0.3 is 10.2 Å². The maximum atomic E-state index is 12.3. The first-order valence-corrected chi connectivity index (χ1v) is 8.93. The fraction of sp³-hybridized carbons (Fsp3) is 0.529. The molecule has 138 valence electrons. The Labute approximate surface area is 152 Å². The summed E-state index contributed by atoms with van der Waals surface area (Å²) in [5.74, 6) is -1.88. The Kier molecular flexibility index (Phi) is 6.87. The molecule has 0 bridgehead atoms. The first-order valence-electron chi connectivity index (χ1n) is 8.13. The van der Waals surface area contributed by atoms with Crippen molar-refractivity contribution < 1.29 is 22.8 Å². The number of hydrogen-bond acceptors (Lipinski definition) is 2. The highest BCUT2D eigenvalue weighted by atomic mass is 79.9. The molecular formula is C17H20BrF3N2O2. The Morgan fingerprint density at radius 3 is 2.44 bits per heavy atom. The summed E-state index contributed by atoms with van der Waals surface area (Å²) >= 11 is 3.45. The van der Waals surface area contributed by atoms with Gasteiger partial charge in [0.15, 0.2) is 0 Å². The van der Waals surface area contributed by atoms with Crippen LogP contribution in [0.3, 0.4) is 0 Å². The molecule has 0 aliphatic carbocycles. The smallest absolute Gasteiger partial charge is 0.348 e. The quantitative estimate of drug-likeness (QED) is 0.794. The van der Waals surface area contributed by atoms with Crippen LogP contribution in [0.2, 0.25) is 0 Å². The average molecular weight is 421 g/mol. The molecule has 0 saturated carbocycles. The van der Waals surface area contributed by atoms with Gasteiger partial charge in [0.1, 0.15) is 0 Å². The molecule has 1 N–H and O–H groups in total. The first kappa shape index (κ1) is 19.8. The number of halogens is 4. The predicted molar refractivity (Wildman–Crippen MR) is 90.8 cm³/mol. The summed E-state index contributed by atoms with van der Waals surface area (Å²) in [6.45, 7) is 1.03. The fourth-order valence-electron chi connectivity index (χ4n) is 2.82. The van der Waals surface area contributed by atoms with Crippen LogP contribution in [-0.2, 0) is 16.0 Å². The van der Waals surface area contributed by atoms with Crippen molar-refractivity contribution >= 4 is 27.7 Å². The lowest BCUT2D eigenvalue weighted by Gasteiger charge is -2.32. The van der Waals surface area contributed by atoms with Crippen molar-refractivity contribution in [3.8, 4) is 0 Å². The molecule has 2 amide bonds. The van der Waals surface area contributed by atoms with Gasteiger partial charge >= 0.3 is 12.1 Å². The van der Waals surface area contributed by atoms with E-state index in [2.05, 4.69) is 15.9 Å². The first-order chi connectivity index (χ1) is 11.8. The Balaban J connectivity index is 1.71. The molecule has 1 heterocycles. The molecule has 0 unspecified atom stereocenters. The molecule has 4 nitrogen and oxygen atoms in total. The minimum atomic E-state index is -4.84. The number of rotatable bonds is 5. The highest BCUT2D eigenvalue weighted by Crippen LogP contribution is 2.21. The Bertz CT molecular complexity index is 614. The minimum absolute atomic E-state index is 0.00264. The molecule has 1 aromatic carbocycles. The Morgan fingerprint density at radius 1 is 1.20 bits per heavy atom. The van der Waals surface area contributed by atoms with Crippen LogP contribution in [0.5, 0.6) is 0 Å². The number of alkyl halides is 3. The molecule has 0 radical (unpaired) electrons. The van der Waals surface area contributed by atoms with Crippen LogP contribution in [0.1, 0.15) is 24.8 Å². The topological polar surface area (TPSA) is 49.4 Å². The van der Waals surface area contributed by atoms with Crippen molar-refractivity contribution in [2.24, 2.45) is 5.92 Å². The zero-order valence-electron chi connectivity index (χ0n) is 13.6. The standard InChI is InChI=1S/C17H20BrF3N2O2/c18-14-4-2-1-3-13(14)5-6-15(24)23-9-7-12(8-10-23)11-22-16(25)17(19,20)21/h1-4,12H,5-11H2,(H,22,25). The number of piperidine rings is 1. The number of nitrogens with one attached hydrogen (secondary N) is 1. The van der Waals surface area contributed by atoms with Gasteiger partial charge in [0.25, 0.3) is 0 Å². The van der Waals surface area contributed by atoms with Crippen molar-refractivity contribution in [2.45, 2.75) is 31.9 Å². The molecule has 0 atom stereocenters. The Morgan fingerprint density at radius 2 is 1.84 bits per heavy atom. The van der Waals surface area contributed by atoms with E-state index in [-0.39, 0.29) is 18.4 Å². The van der Waals surface area contributed by atoms with Crippen LogP contribution in [0, 0.1) is 5.92 Å². The predicted octanol–water partition coefficient (Wildman–Crippen LogP) is 3.30. The number of carbonyl (C=O) groups excluding carboxylic acids is 2. The number of carbonyl (C=O) groups is 2. The van der Waals surface area contributed by atoms with Gasteiger partial charge in [-0.2, -0.15) is 13.2 Å². The SMILES string of the molecule is O=C(CCc1ccccc1Br)N1CCC(CNC(=O)C(F)(F)F)CC1. The fourth-order valence-corrected chi connectivity index (χ4v) is 3.31. The number of nitrogens with zero attached hydrogens (tertiary/aromatic N) is 1. The van der Waals surface area contributed by atoms with Gasteiger partial charge in [-0.1, -0.05) is 34.1 Å². The number of amides is 2. The monoisotopic (exact) mass is 420 g/mol. The third kappa shape index (κ3) is 6.02. The van der Waals surface area contributed by atoms with E-state index in [0.29, 0.717) is 38.8 Å². The van der Waals surface area contributed by atoms with Crippen molar-refractivity contribution in [3.63, 3.8) is 0 Å². The van der Waals surface area contributed by atoms with E-state index in [9.17, 15) is 22.8 Å². The molecule has 2 rings (SSSR count). The zero-order valence-corrected chi connectivity index (χ0v) is 15.2. The van der Waals surface area contributed by atoms with Gasteiger partial charge in [-0.3, -0.25) is 9.59 Å². The molecule has 1 saturated heterocycles. The largest absolute Gasteiger partial charge is 0.471 e. The lowest BCUT2D eigenvalue weighted by molar-refractivity contribution is -0.173. The van der Waals surface area contributed by atoms with E-state index >= 15 is 0 Å². The van der Waals surface area contributed by atoms with Crippen LogP contribution in [0.25, 0.3) is 0 Å². The van der Waals surface area contributed by atoms with E-state index in [1.54, 1.807) is 4.90 Å². The molecule has 1 fully saturated rings. The van der Waals surface area contributed by atoms with Gasteiger partial charge in [-0.25, -0.2) is 0 Å². The second kappa shape index (κ2) is 8.69. The summed E-state index contributed by atoms with van der Waals surface area (Å²) in [5, 5.41) is 1.92. The number of aryl methyl sites for hydroxylation is 1. The van der Waals surface area contributed by atoms with Gasteiger partial charge in [0, 0.05) is 30.5 Å². The van der Waals surface area contributed by atoms with Crippen molar-refractivity contribution in [2.75, 3.05) is 19.6 Å². The minimum Gasteiger partial charge on any atom is -0.348 e. The van der Waals surface area contributed by atoms with Crippen molar-refractivity contribution in [1.29, 1.82) is 0 Å². The lowest BCUT2D eigenvalue weighted by Crippen LogP contribution is -2.44. The molecule has 1 aliphatic rings. The molecule has 0 aromatic heterocycles. The average Bonchev–Trinajstić information content (AvgIpc) is 2.58. The molecule has 1 aliphatic heterocycles. The highest BCUT2D eigenvalue weighted by Gasteiger charge is 2.38. The van der Waals surface area contributed by atoms with E-state index in [1.165, 1.54) is 0 Å². The van der Waals surface area contributed by atoms with E-state index in [1.807, 2.05) is 29.6 Å². The number of benzene rings is 1. The van der Waals surface area contributed by atoms with E-state index in [0.717, 1.165) is 10.0 Å². The summed E-state index contributed by atoms with van der Waals surface area (Å²) in [6.07, 6.45) is -2.61. The molecule has 25 heavy (non-hydrogen) atoms.